The summed E-state index contributed by atoms with van der Waals surface area (Å²) in [5, 5.41) is 0. The van der Waals surface area contributed by atoms with E-state index in [1.165, 1.54) is 41.5 Å². The van der Waals surface area contributed by atoms with Gasteiger partial charge in [0.05, 0.1) is 0 Å². The van der Waals surface area contributed by atoms with Gasteiger partial charge in [-0.05, 0) is 61.9 Å². The second-order valence-corrected chi connectivity index (χ2v) is 7.23. The molecular weight excluding hydrogens is 312 g/mol. The maximum atomic E-state index is 6.06. The van der Waals surface area contributed by atoms with E-state index >= 15 is 0 Å². The van der Waals surface area contributed by atoms with E-state index in [4.69, 9.17) is 5.73 Å². The van der Waals surface area contributed by atoms with Gasteiger partial charge in [0.1, 0.15) is 0 Å². The van der Waals surface area contributed by atoms with E-state index in [1.807, 2.05) is 0 Å². The zero-order chi connectivity index (χ0) is 14.7. The molecule has 1 unspecified atom stereocenters. The number of likely N-dealkylation sites (tertiary alicyclic amines) is 1. The summed E-state index contributed by atoms with van der Waals surface area (Å²) in [6, 6.07) is 7.01. The first-order valence-electron chi connectivity index (χ1n) is 7.73. The molecule has 0 amide bonds. The minimum atomic E-state index is 0.361. The lowest BCUT2D eigenvalue weighted by Gasteiger charge is -2.38. The van der Waals surface area contributed by atoms with Gasteiger partial charge >= 0.3 is 0 Å². The number of piperidine rings is 1. The Labute approximate surface area is 131 Å². The molecular formula is C17H27BrN2. The number of benzene rings is 1. The molecule has 1 aliphatic rings. The molecule has 0 bridgehead atoms. The van der Waals surface area contributed by atoms with Gasteiger partial charge in [0, 0.05) is 17.1 Å². The van der Waals surface area contributed by atoms with Gasteiger partial charge in [0.15, 0.2) is 0 Å². The molecule has 1 aromatic carbocycles. The van der Waals surface area contributed by atoms with Crippen LogP contribution in [0.15, 0.2) is 22.7 Å². The Morgan fingerprint density at radius 2 is 1.95 bits per heavy atom. The molecule has 0 spiro atoms. The van der Waals surface area contributed by atoms with Crippen LogP contribution in [-0.4, -0.2) is 24.5 Å². The highest BCUT2D eigenvalue weighted by molar-refractivity contribution is 9.10. The zero-order valence-electron chi connectivity index (χ0n) is 12.9. The molecule has 1 atom stereocenters. The average Bonchev–Trinajstić information content (AvgIpc) is 2.44. The SMILES string of the molecule is Cc1ccc(C(CN)N2CCC(C(C)C)CC2)cc1Br. The highest BCUT2D eigenvalue weighted by Gasteiger charge is 2.26. The molecule has 0 aliphatic carbocycles. The Bertz CT molecular complexity index is 437. The lowest BCUT2D eigenvalue weighted by atomic mass is 9.86. The van der Waals surface area contributed by atoms with Crippen molar-refractivity contribution in [3.8, 4) is 0 Å². The molecule has 2 nitrogen and oxygen atoms in total. The molecule has 1 aromatic rings. The van der Waals surface area contributed by atoms with Crippen LogP contribution in [0.4, 0.5) is 0 Å². The normalized spacial score (nSPS) is 19.5. The fourth-order valence-electron chi connectivity index (χ4n) is 3.21. The molecule has 1 aliphatic heterocycles. The lowest BCUT2D eigenvalue weighted by molar-refractivity contribution is 0.117. The number of hydrogen-bond donors (Lipinski definition) is 1. The molecule has 0 radical (unpaired) electrons. The van der Waals surface area contributed by atoms with Crippen molar-refractivity contribution in [2.24, 2.45) is 17.6 Å². The van der Waals surface area contributed by atoms with Gasteiger partial charge in [-0.25, -0.2) is 0 Å². The summed E-state index contributed by atoms with van der Waals surface area (Å²) in [6.45, 7) is 9.86. The molecule has 112 valence electrons. The summed E-state index contributed by atoms with van der Waals surface area (Å²) in [7, 11) is 0. The van der Waals surface area contributed by atoms with Gasteiger partial charge in [-0.3, -0.25) is 4.90 Å². The van der Waals surface area contributed by atoms with Crippen molar-refractivity contribution in [2.45, 2.75) is 39.7 Å². The summed E-state index contributed by atoms with van der Waals surface area (Å²) in [4.78, 5) is 2.57. The van der Waals surface area contributed by atoms with Crippen LogP contribution < -0.4 is 5.73 Å². The smallest absolute Gasteiger partial charge is 0.0470 e. The summed E-state index contributed by atoms with van der Waals surface area (Å²) >= 11 is 3.64. The first-order valence-corrected chi connectivity index (χ1v) is 8.52. The van der Waals surface area contributed by atoms with Crippen LogP contribution in [-0.2, 0) is 0 Å². The van der Waals surface area contributed by atoms with Crippen molar-refractivity contribution < 1.29 is 0 Å². The van der Waals surface area contributed by atoms with Gasteiger partial charge in [0.2, 0.25) is 0 Å². The van der Waals surface area contributed by atoms with Gasteiger partial charge in [-0.15, -0.1) is 0 Å². The number of hydrogen-bond acceptors (Lipinski definition) is 2. The minimum absolute atomic E-state index is 0.361. The third-order valence-electron chi connectivity index (χ3n) is 4.76. The van der Waals surface area contributed by atoms with Gasteiger partial charge < -0.3 is 5.73 Å². The van der Waals surface area contributed by atoms with Crippen LogP contribution >= 0.6 is 15.9 Å². The van der Waals surface area contributed by atoms with Crippen LogP contribution in [0.1, 0.15) is 43.9 Å². The summed E-state index contributed by atoms with van der Waals surface area (Å²) in [5.74, 6) is 1.69. The zero-order valence-corrected chi connectivity index (χ0v) is 14.5. The van der Waals surface area contributed by atoms with Crippen LogP contribution in [0.2, 0.25) is 0 Å². The standard InChI is InChI=1S/C17H27BrN2/c1-12(2)14-6-8-20(9-7-14)17(11-19)15-5-4-13(3)16(18)10-15/h4-5,10,12,14,17H,6-9,11,19H2,1-3H3. The summed E-state index contributed by atoms with van der Waals surface area (Å²) in [6.07, 6.45) is 2.61. The van der Waals surface area contributed by atoms with E-state index in [0.29, 0.717) is 12.6 Å². The molecule has 0 aromatic heterocycles. The Balaban J connectivity index is 2.07. The molecule has 1 saturated heterocycles. The van der Waals surface area contributed by atoms with E-state index < -0.39 is 0 Å². The Kier molecular flexibility index (Phi) is 5.65. The van der Waals surface area contributed by atoms with Crippen molar-refractivity contribution in [1.82, 2.24) is 4.90 Å². The Morgan fingerprint density at radius 1 is 1.30 bits per heavy atom. The quantitative estimate of drug-likeness (QED) is 0.894. The number of halogens is 1. The van der Waals surface area contributed by atoms with E-state index in [-0.39, 0.29) is 0 Å². The largest absolute Gasteiger partial charge is 0.329 e. The number of aryl methyl sites for hydroxylation is 1. The predicted molar refractivity (Wildman–Crippen MR) is 89.8 cm³/mol. The van der Waals surface area contributed by atoms with Crippen molar-refractivity contribution in [3.63, 3.8) is 0 Å². The molecule has 20 heavy (non-hydrogen) atoms. The number of nitrogens with two attached hydrogens (primary N) is 1. The molecule has 1 heterocycles. The Hall–Kier alpha value is -0.380. The highest BCUT2D eigenvalue weighted by Crippen LogP contribution is 2.31. The fraction of sp³-hybridized carbons (Fsp3) is 0.647. The second kappa shape index (κ2) is 7.06. The van der Waals surface area contributed by atoms with Gasteiger partial charge in [-0.2, -0.15) is 0 Å². The summed E-state index contributed by atoms with van der Waals surface area (Å²) < 4.78 is 1.19. The van der Waals surface area contributed by atoms with Crippen molar-refractivity contribution in [3.05, 3.63) is 33.8 Å². The molecule has 0 saturated carbocycles. The minimum Gasteiger partial charge on any atom is -0.329 e. The van der Waals surface area contributed by atoms with E-state index in [2.05, 4.69) is 59.8 Å². The van der Waals surface area contributed by atoms with Crippen molar-refractivity contribution >= 4 is 15.9 Å². The van der Waals surface area contributed by atoms with Crippen LogP contribution in [0, 0.1) is 18.8 Å². The molecule has 2 N–H and O–H groups in total. The number of rotatable bonds is 4. The first kappa shape index (κ1) is 16.0. The van der Waals surface area contributed by atoms with E-state index in [1.54, 1.807) is 0 Å². The summed E-state index contributed by atoms with van der Waals surface area (Å²) in [5.41, 5.74) is 8.68. The van der Waals surface area contributed by atoms with Crippen LogP contribution in [0.3, 0.4) is 0 Å². The fourth-order valence-corrected chi connectivity index (χ4v) is 3.61. The lowest BCUT2D eigenvalue weighted by Crippen LogP contribution is -2.40. The molecule has 3 heteroatoms. The third-order valence-corrected chi connectivity index (χ3v) is 5.62. The third kappa shape index (κ3) is 3.63. The first-order chi connectivity index (χ1) is 9.52. The van der Waals surface area contributed by atoms with Crippen LogP contribution in [0.5, 0.6) is 0 Å². The maximum Gasteiger partial charge on any atom is 0.0470 e. The van der Waals surface area contributed by atoms with Crippen molar-refractivity contribution in [2.75, 3.05) is 19.6 Å². The molecule has 2 rings (SSSR count). The average molecular weight is 339 g/mol. The number of nitrogens with zero attached hydrogens (tertiary/aromatic N) is 1. The monoisotopic (exact) mass is 338 g/mol. The highest BCUT2D eigenvalue weighted by atomic mass is 79.9. The molecule has 1 fully saturated rings. The second-order valence-electron chi connectivity index (χ2n) is 6.38. The van der Waals surface area contributed by atoms with Crippen molar-refractivity contribution in [1.29, 1.82) is 0 Å². The van der Waals surface area contributed by atoms with E-state index in [0.717, 1.165) is 11.8 Å². The van der Waals surface area contributed by atoms with Gasteiger partial charge in [0.25, 0.3) is 0 Å². The maximum absolute atomic E-state index is 6.06. The topological polar surface area (TPSA) is 29.3 Å². The van der Waals surface area contributed by atoms with E-state index in [9.17, 15) is 0 Å². The van der Waals surface area contributed by atoms with Gasteiger partial charge in [-0.1, -0.05) is 41.9 Å². The predicted octanol–water partition coefficient (Wildman–Crippen LogP) is 4.13. The van der Waals surface area contributed by atoms with Crippen LogP contribution in [0.25, 0.3) is 0 Å². The Morgan fingerprint density at radius 3 is 2.45 bits per heavy atom.